The molecule has 4 rings (SSSR count). The number of benzene rings is 2. The lowest BCUT2D eigenvalue weighted by Crippen LogP contribution is -2.47. The molecule has 0 saturated carbocycles. The summed E-state index contributed by atoms with van der Waals surface area (Å²) in [4.78, 5) is 29.5. The molecule has 7 heteroatoms. The number of nitrogens with zero attached hydrogens (tertiary/aromatic N) is 3. The Morgan fingerprint density at radius 3 is 2.55 bits per heavy atom. The average Bonchev–Trinajstić information content (AvgIpc) is 3.24. The maximum absolute atomic E-state index is 13.3. The molecule has 0 N–H and O–H groups in total. The first-order chi connectivity index (χ1) is 14.9. The van der Waals surface area contributed by atoms with Crippen LogP contribution < -0.4 is 9.80 Å². The molecule has 3 aromatic rings. The van der Waals surface area contributed by atoms with Gasteiger partial charge in [0, 0.05) is 35.4 Å². The quantitative estimate of drug-likeness (QED) is 0.546. The number of rotatable bonds is 4. The normalized spacial score (nSPS) is 17.9. The Labute approximate surface area is 186 Å². The molecule has 0 saturated heterocycles. The van der Waals surface area contributed by atoms with Crippen LogP contribution in [0.4, 0.5) is 11.4 Å². The van der Waals surface area contributed by atoms with Crippen molar-refractivity contribution in [2.24, 2.45) is 0 Å². The molecule has 0 unspecified atom stereocenters. The fraction of sp³-hybridized carbons (Fsp3) is 0.292. The van der Waals surface area contributed by atoms with Crippen molar-refractivity contribution in [3.8, 4) is 0 Å². The fourth-order valence-electron chi connectivity index (χ4n) is 4.22. The number of aromatic nitrogens is 1. The van der Waals surface area contributed by atoms with E-state index in [-0.39, 0.29) is 29.7 Å². The molecule has 0 spiro atoms. The van der Waals surface area contributed by atoms with Crippen LogP contribution in [0.3, 0.4) is 0 Å². The molecule has 160 valence electrons. The lowest BCUT2D eigenvalue weighted by Gasteiger charge is -2.43. The predicted molar refractivity (Wildman–Crippen MR) is 121 cm³/mol. The number of anilines is 2. The Kier molecular flexibility index (Phi) is 5.83. The second-order valence-electron chi connectivity index (χ2n) is 7.74. The summed E-state index contributed by atoms with van der Waals surface area (Å²) in [6, 6.07) is 16.3. The van der Waals surface area contributed by atoms with Crippen LogP contribution in [0.25, 0.3) is 0 Å². The number of hydrogen-bond donors (Lipinski definition) is 0. The van der Waals surface area contributed by atoms with E-state index in [2.05, 4.69) is 5.16 Å². The van der Waals surface area contributed by atoms with Gasteiger partial charge < -0.3 is 14.3 Å². The van der Waals surface area contributed by atoms with Gasteiger partial charge in [-0.05, 0) is 55.7 Å². The number of amides is 2. The molecule has 0 bridgehead atoms. The van der Waals surface area contributed by atoms with E-state index in [0.717, 1.165) is 22.6 Å². The van der Waals surface area contributed by atoms with Gasteiger partial charge in [0.2, 0.25) is 11.7 Å². The smallest absolute Gasteiger partial charge is 0.297 e. The van der Waals surface area contributed by atoms with Crippen LogP contribution >= 0.6 is 11.6 Å². The summed E-state index contributed by atoms with van der Waals surface area (Å²) in [7, 11) is 0. The summed E-state index contributed by atoms with van der Waals surface area (Å²) < 4.78 is 5.31. The Balaban J connectivity index is 1.76. The summed E-state index contributed by atoms with van der Waals surface area (Å²) in [6.07, 6.45) is 1.28. The van der Waals surface area contributed by atoms with Gasteiger partial charge in [0.1, 0.15) is 0 Å². The van der Waals surface area contributed by atoms with Crippen molar-refractivity contribution >= 4 is 34.8 Å². The Morgan fingerprint density at radius 2 is 1.90 bits per heavy atom. The van der Waals surface area contributed by atoms with Crippen LogP contribution in [-0.2, 0) is 11.2 Å². The van der Waals surface area contributed by atoms with Crippen LogP contribution in [0.5, 0.6) is 0 Å². The molecule has 2 heterocycles. The van der Waals surface area contributed by atoms with Crippen molar-refractivity contribution in [2.75, 3.05) is 9.80 Å². The molecule has 2 amide bonds. The SMILES string of the molecule is CCc1cc(C(=O)N2c3ccccc3[C@H](N(C(C)=O)c3ccc(Cl)cc3)C[C@@H]2C)on1. The van der Waals surface area contributed by atoms with E-state index in [1.54, 1.807) is 34.9 Å². The summed E-state index contributed by atoms with van der Waals surface area (Å²) in [5.74, 6) is -0.0820. The average molecular weight is 438 g/mol. The van der Waals surface area contributed by atoms with Crippen molar-refractivity contribution < 1.29 is 14.1 Å². The Bertz CT molecular complexity index is 1110. The second kappa shape index (κ2) is 8.55. The lowest BCUT2D eigenvalue weighted by atomic mass is 9.89. The van der Waals surface area contributed by atoms with Crippen LogP contribution in [0.15, 0.2) is 59.1 Å². The van der Waals surface area contributed by atoms with E-state index >= 15 is 0 Å². The minimum atomic E-state index is -0.230. The van der Waals surface area contributed by atoms with E-state index in [0.29, 0.717) is 17.9 Å². The molecule has 2 atom stereocenters. The van der Waals surface area contributed by atoms with E-state index in [9.17, 15) is 9.59 Å². The third-order valence-corrected chi connectivity index (χ3v) is 5.92. The van der Waals surface area contributed by atoms with Crippen LogP contribution in [0.1, 0.15) is 55.0 Å². The molecule has 0 radical (unpaired) electrons. The molecular formula is C24H24ClN3O3. The van der Waals surface area contributed by atoms with E-state index in [4.69, 9.17) is 16.1 Å². The highest BCUT2D eigenvalue weighted by molar-refractivity contribution is 6.30. The summed E-state index contributed by atoms with van der Waals surface area (Å²) in [6.45, 7) is 5.50. The monoisotopic (exact) mass is 437 g/mol. The zero-order valence-electron chi connectivity index (χ0n) is 17.7. The Morgan fingerprint density at radius 1 is 1.19 bits per heavy atom. The zero-order valence-corrected chi connectivity index (χ0v) is 18.5. The first kappa shape index (κ1) is 21.1. The minimum absolute atomic E-state index is 0.0723. The van der Waals surface area contributed by atoms with Crippen molar-refractivity contribution in [3.05, 3.63) is 76.6 Å². The van der Waals surface area contributed by atoms with Crippen molar-refractivity contribution in [1.82, 2.24) is 5.16 Å². The number of carbonyl (C=O) groups excluding carboxylic acids is 2. The topological polar surface area (TPSA) is 66.7 Å². The number of halogens is 1. The van der Waals surface area contributed by atoms with E-state index in [1.165, 1.54) is 0 Å². The molecule has 31 heavy (non-hydrogen) atoms. The van der Waals surface area contributed by atoms with Crippen LogP contribution in [0.2, 0.25) is 5.02 Å². The standard InChI is InChI=1S/C24H24ClN3O3/c1-4-18-14-23(31-26-18)24(30)27-15(2)13-22(20-7-5-6-8-21(20)27)28(16(3)29)19-11-9-17(25)10-12-19/h5-12,14-15,22H,4,13H2,1-3H3/t15-,22+/m0/s1. The molecule has 1 aliphatic heterocycles. The Hall–Kier alpha value is -3.12. The largest absolute Gasteiger partial charge is 0.351 e. The highest BCUT2D eigenvalue weighted by Gasteiger charge is 2.39. The van der Waals surface area contributed by atoms with E-state index < -0.39 is 0 Å². The number of fused-ring (bicyclic) bond motifs is 1. The van der Waals surface area contributed by atoms with Crippen LogP contribution in [0, 0.1) is 0 Å². The zero-order chi connectivity index (χ0) is 22.1. The molecule has 6 nitrogen and oxygen atoms in total. The summed E-state index contributed by atoms with van der Waals surface area (Å²) >= 11 is 6.05. The highest BCUT2D eigenvalue weighted by atomic mass is 35.5. The van der Waals surface area contributed by atoms with Gasteiger partial charge in [-0.25, -0.2) is 0 Å². The van der Waals surface area contributed by atoms with Crippen LogP contribution in [-0.4, -0.2) is 23.0 Å². The predicted octanol–water partition coefficient (Wildman–Crippen LogP) is 5.42. The first-order valence-electron chi connectivity index (χ1n) is 10.3. The summed E-state index contributed by atoms with van der Waals surface area (Å²) in [5, 5.41) is 4.57. The van der Waals surface area contributed by atoms with Gasteiger partial charge >= 0.3 is 0 Å². The third kappa shape index (κ3) is 3.95. The first-order valence-corrected chi connectivity index (χ1v) is 10.7. The second-order valence-corrected chi connectivity index (χ2v) is 8.17. The molecule has 0 fully saturated rings. The van der Waals surface area contributed by atoms with Crippen molar-refractivity contribution in [2.45, 2.75) is 45.7 Å². The van der Waals surface area contributed by atoms with Gasteiger partial charge in [-0.1, -0.05) is 41.9 Å². The van der Waals surface area contributed by atoms with Gasteiger partial charge in [0.25, 0.3) is 5.91 Å². The van der Waals surface area contributed by atoms with Gasteiger partial charge in [-0.2, -0.15) is 0 Å². The maximum Gasteiger partial charge on any atom is 0.297 e. The van der Waals surface area contributed by atoms with E-state index in [1.807, 2.05) is 50.2 Å². The summed E-state index contributed by atoms with van der Waals surface area (Å²) in [5.41, 5.74) is 3.19. The lowest BCUT2D eigenvalue weighted by molar-refractivity contribution is -0.117. The third-order valence-electron chi connectivity index (χ3n) is 5.67. The molecule has 1 aromatic heterocycles. The van der Waals surface area contributed by atoms with Crippen molar-refractivity contribution in [1.29, 1.82) is 0 Å². The molecule has 0 aliphatic carbocycles. The van der Waals surface area contributed by atoms with Crippen molar-refractivity contribution in [3.63, 3.8) is 0 Å². The number of aryl methyl sites for hydroxylation is 1. The highest BCUT2D eigenvalue weighted by Crippen LogP contribution is 2.42. The number of carbonyl (C=O) groups is 2. The molecular weight excluding hydrogens is 414 g/mol. The van der Waals surface area contributed by atoms with Gasteiger partial charge in [-0.3, -0.25) is 9.59 Å². The van der Waals surface area contributed by atoms with Gasteiger partial charge in [0.05, 0.1) is 11.7 Å². The maximum atomic E-state index is 13.3. The van der Waals surface area contributed by atoms with Gasteiger partial charge in [-0.15, -0.1) is 0 Å². The fourth-order valence-corrected chi connectivity index (χ4v) is 4.34. The van der Waals surface area contributed by atoms with Gasteiger partial charge in [0.15, 0.2) is 0 Å². The number of hydrogen-bond acceptors (Lipinski definition) is 4. The molecule has 1 aliphatic rings. The minimum Gasteiger partial charge on any atom is -0.351 e. The number of para-hydroxylation sites is 1. The molecule has 2 aromatic carbocycles.